The van der Waals surface area contributed by atoms with E-state index < -0.39 is 10.0 Å². The molecule has 0 saturated heterocycles. The third kappa shape index (κ3) is 3.28. The fraction of sp³-hybridized carbons (Fsp3) is 0.333. The second-order valence-electron chi connectivity index (χ2n) is 5.14. The van der Waals surface area contributed by atoms with E-state index in [0.29, 0.717) is 5.69 Å². The van der Waals surface area contributed by atoms with Crippen molar-refractivity contribution in [3.63, 3.8) is 0 Å². The highest BCUT2D eigenvalue weighted by Gasteiger charge is 2.22. The molecule has 0 bridgehead atoms. The van der Waals surface area contributed by atoms with Gasteiger partial charge in [-0.15, -0.1) is 0 Å². The van der Waals surface area contributed by atoms with Gasteiger partial charge < -0.3 is 9.52 Å². The van der Waals surface area contributed by atoms with E-state index in [1.54, 1.807) is 19.1 Å². The van der Waals surface area contributed by atoms with Crippen molar-refractivity contribution in [1.29, 1.82) is 0 Å². The number of furan rings is 1. The second-order valence-corrected chi connectivity index (χ2v) is 6.79. The van der Waals surface area contributed by atoms with Crippen LogP contribution in [0.1, 0.15) is 36.8 Å². The van der Waals surface area contributed by atoms with Crippen LogP contribution < -0.4 is 4.72 Å². The first kappa shape index (κ1) is 15.6. The Labute approximate surface area is 124 Å². The third-order valence-corrected chi connectivity index (χ3v) is 4.67. The molecule has 6 heteroatoms. The van der Waals surface area contributed by atoms with Gasteiger partial charge in [0, 0.05) is 6.07 Å². The van der Waals surface area contributed by atoms with Gasteiger partial charge >= 0.3 is 0 Å². The number of anilines is 1. The van der Waals surface area contributed by atoms with Crippen molar-refractivity contribution in [1.82, 2.24) is 0 Å². The van der Waals surface area contributed by atoms with Crippen LogP contribution in [0.2, 0.25) is 0 Å². The average Bonchev–Trinajstić information content (AvgIpc) is 2.81. The Kier molecular flexibility index (Phi) is 4.39. The van der Waals surface area contributed by atoms with Crippen LogP contribution in [0, 0.1) is 6.92 Å². The van der Waals surface area contributed by atoms with Gasteiger partial charge in [0.15, 0.2) is 0 Å². The standard InChI is InChI=1S/C15H19NO4S/c1-10(2)13-6-4-5-7-14(13)16-21(18,19)15-8-12(9-17)20-11(15)3/h4-8,10,16-17H,9H2,1-3H3. The number of hydrogen-bond donors (Lipinski definition) is 2. The molecule has 0 fully saturated rings. The van der Waals surface area contributed by atoms with E-state index >= 15 is 0 Å². The molecule has 0 atom stereocenters. The summed E-state index contributed by atoms with van der Waals surface area (Å²) in [6, 6.07) is 8.63. The molecule has 5 nitrogen and oxygen atoms in total. The van der Waals surface area contributed by atoms with E-state index in [9.17, 15) is 8.42 Å². The van der Waals surface area contributed by atoms with Crippen LogP contribution in [-0.4, -0.2) is 13.5 Å². The van der Waals surface area contributed by atoms with E-state index in [2.05, 4.69) is 4.72 Å². The molecule has 0 amide bonds. The maximum absolute atomic E-state index is 12.5. The lowest BCUT2D eigenvalue weighted by Gasteiger charge is -2.14. The number of benzene rings is 1. The van der Waals surface area contributed by atoms with Gasteiger partial charge in [-0.3, -0.25) is 4.72 Å². The number of aliphatic hydroxyl groups excluding tert-OH is 1. The highest BCUT2D eigenvalue weighted by atomic mass is 32.2. The minimum Gasteiger partial charge on any atom is -0.462 e. The number of para-hydroxylation sites is 1. The smallest absolute Gasteiger partial charge is 0.265 e. The van der Waals surface area contributed by atoms with Gasteiger partial charge in [0.05, 0.1) is 5.69 Å². The van der Waals surface area contributed by atoms with E-state index in [1.165, 1.54) is 6.07 Å². The van der Waals surface area contributed by atoms with E-state index in [0.717, 1.165) is 5.56 Å². The van der Waals surface area contributed by atoms with Crippen LogP contribution in [0.15, 0.2) is 39.6 Å². The summed E-state index contributed by atoms with van der Waals surface area (Å²) in [4.78, 5) is 0.0464. The molecule has 0 aliphatic rings. The minimum absolute atomic E-state index is 0.0464. The molecular formula is C15H19NO4S. The van der Waals surface area contributed by atoms with Crippen LogP contribution in [-0.2, 0) is 16.6 Å². The fourth-order valence-electron chi connectivity index (χ4n) is 2.16. The monoisotopic (exact) mass is 309 g/mol. The lowest BCUT2D eigenvalue weighted by atomic mass is 10.0. The molecule has 21 heavy (non-hydrogen) atoms. The topological polar surface area (TPSA) is 79.5 Å². The van der Waals surface area contributed by atoms with Crippen molar-refractivity contribution in [3.05, 3.63) is 47.4 Å². The van der Waals surface area contributed by atoms with Gasteiger partial charge in [-0.05, 0) is 24.5 Å². The summed E-state index contributed by atoms with van der Waals surface area (Å²) in [5, 5.41) is 9.04. The summed E-state index contributed by atoms with van der Waals surface area (Å²) in [6.45, 7) is 5.22. The van der Waals surface area contributed by atoms with Gasteiger partial charge in [-0.2, -0.15) is 0 Å². The Hall–Kier alpha value is -1.79. The van der Waals surface area contributed by atoms with Gasteiger partial charge in [0.25, 0.3) is 10.0 Å². The SMILES string of the molecule is Cc1oc(CO)cc1S(=O)(=O)Nc1ccccc1C(C)C. The molecule has 2 N–H and O–H groups in total. The fourth-order valence-corrected chi connectivity index (χ4v) is 3.45. The largest absolute Gasteiger partial charge is 0.462 e. The first-order valence-electron chi connectivity index (χ1n) is 6.67. The minimum atomic E-state index is -3.74. The van der Waals surface area contributed by atoms with Crippen molar-refractivity contribution in [3.8, 4) is 0 Å². The first-order valence-corrected chi connectivity index (χ1v) is 8.15. The van der Waals surface area contributed by atoms with Crippen molar-refractivity contribution >= 4 is 15.7 Å². The highest BCUT2D eigenvalue weighted by molar-refractivity contribution is 7.92. The van der Waals surface area contributed by atoms with Crippen molar-refractivity contribution in [2.24, 2.45) is 0 Å². The third-order valence-electron chi connectivity index (χ3n) is 3.20. The summed E-state index contributed by atoms with van der Waals surface area (Å²) < 4.78 is 32.7. The molecule has 1 heterocycles. The van der Waals surface area contributed by atoms with Gasteiger partial charge in [-0.25, -0.2) is 8.42 Å². The number of aliphatic hydroxyl groups is 1. The van der Waals surface area contributed by atoms with Crippen LogP contribution >= 0.6 is 0 Å². The molecule has 0 saturated carbocycles. The number of rotatable bonds is 5. The zero-order valence-electron chi connectivity index (χ0n) is 12.3. The van der Waals surface area contributed by atoms with Gasteiger partial charge in [-0.1, -0.05) is 32.0 Å². The molecular weight excluding hydrogens is 290 g/mol. The molecule has 0 spiro atoms. The molecule has 2 rings (SSSR count). The lowest BCUT2D eigenvalue weighted by Crippen LogP contribution is -2.14. The van der Waals surface area contributed by atoms with Crippen molar-refractivity contribution in [2.45, 2.75) is 38.2 Å². The van der Waals surface area contributed by atoms with Crippen LogP contribution in [0.4, 0.5) is 5.69 Å². The zero-order valence-corrected chi connectivity index (χ0v) is 13.1. The predicted octanol–water partition coefficient (Wildman–Crippen LogP) is 3.00. The van der Waals surface area contributed by atoms with E-state index in [4.69, 9.17) is 9.52 Å². The zero-order chi connectivity index (χ0) is 15.6. The van der Waals surface area contributed by atoms with Gasteiger partial charge in [0.2, 0.25) is 0 Å². The quantitative estimate of drug-likeness (QED) is 0.890. The Morgan fingerprint density at radius 3 is 2.52 bits per heavy atom. The highest BCUT2D eigenvalue weighted by Crippen LogP contribution is 2.28. The first-order chi connectivity index (χ1) is 9.85. The molecule has 2 aromatic rings. The molecule has 0 aliphatic carbocycles. The van der Waals surface area contributed by atoms with Crippen molar-refractivity contribution in [2.75, 3.05) is 4.72 Å². The van der Waals surface area contributed by atoms with Crippen LogP contribution in [0.5, 0.6) is 0 Å². The van der Waals surface area contributed by atoms with Crippen molar-refractivity contribution < 1.29 is 17.9 Å². The number of aryl methyl sites for hydroxylation is 1. The number of hydrogen-bond acceptors (Lipinski definition) is 4. The molecule has 1 aromatic carbocycles. The molecule has 114 valence electrons. The Morgan fingerprint density at radius 1 is 1.29 bits per heavy atom. The lowest BCUT2D eigenvalue weighted by molar-refractivity contribution is 0.245. The number of sulfonamides is 1. The molecule has 0 unspecified atom stereocenters. The summed E-state index contributed by atoms with van der Waals surface area (Å²) in [5.41, 5.74) is 1.48. The molecule has 1 aromatic heterocycles. The second kappa shape index (κ2) is 5.91. The number of nitrogens with one attached hydrogen (secondary N) is 1. The molecule has 0 aliphatic heterocycles. The van der Waals surface area contributed by atoms with E-state index in [1.807, 2.05) is 26.0 Å². The Bertz CT molecular complexity index is 732. The normalized spacial score (nSPS) is 11.9. The summed E-state index contributed by atoms with van der Waals surface area (Å²) in [7, 11) is -3.74. The van der Waals surface area contributed by atoms with Crippen LogP contribution in [0.25, 0.3) is 0 Å². The maximum Gasteiger partial charge on any atom is 0.265 e. The maximum atomic E-state index is 12.5. The van der Waals surface area contributed by atoms with Gasteiger partial charge in [0.1, 0.15) is 23.0 Å². The summed E-state index contributed by atoms with van der Waals surface area (Å²) in [6.07, 6.45) is 0. The Morgan fingerprint density at radius 2 is 1.95 bits per heavy atom. The summed E-state index contributed by atoms with van der Waals surface area (Å²) >= 11 is 0. The Balaban J connectivity index is 2.40. The summed E-state index contributed by atoms with van der Waals surface area (Å²) in [5.74, 6) is 0.681. The van der Waals surface area contributed by atoms with E-state index in [-0.39, 0.29) is 28.9 Å². The molecule has 0 radical (unpaired) electrons. The average molecular weight is 309 g/mol. The predicted molar refractivity (Wildman–Crippen MR) is 80.7 cm³/mol. The van der Waals surface area contributed by atoms with Crippen LogP contribution in [0.3, 0.4) is 0 Å².